The Kier molecular flexibility index (Phi) is 4.94. The van der Waals surface area contributed by atoms with Crippen LogP contribution in [0.25, 0.3) is 0 Å². The maximum atomic E-state index is 12.4. The summed E-state index contributed by atoms with van der Waals surface area (Å²) in [5.74, 6) is 0. The van der Waals surface area contributed by atoms with Crippen LogP contribution in [-0.4, -0.2) is 23.1 Å². The lowest BCUT2D eigenvalue weighted by Crippen LogP contribution is -2.41. The summed E-state index contributed by atoms with van der Waals surface area (Å²) in [5.41, 5.74) is 0.765. The molecule has 0 spiro atoms. The van der Waals surface area contributed by atoms with E-state index in [-0.39, 0.29) is 12.1 Å². The number of hydrogen-bond acceptors (Lipinski definition) is 2. The van der Waals surface area contributed by atoms with Gasteiger partial charge in [0.1, 0.15) is 5.60 Å². The molecule has 1 aromatic carbocycles. The zero-order valence-electron chi connectivity index (χ0n) is 12.4. The van der Waals surface area contributed by atoms with Crippen molar-refractivity contribution in [3.05, 3.63) is 33.4 Å². The summed E-state index contributed by atoms with van der Waals surface area (Å²) >= 11 is 2.30. The van der Waals surface area contributed by atoms with Crippen LogP contribution in [-0.2, 0) is 4.74 Å². The topological polar surface area (TPSA) is 29.5 Å². The van der Waals surface area contributed by atoms with E-state index in [1.54, 1.807) is 0 Å². The van der Waals surface area contributed by atoms with Crippen molar-refractivity contribution in [3.8, 4) is 0 Å². The molecule has 20 heavy (non-hydrogen) atoms. The van der Waals surface area contributed by atoms with Gasteiger partial charge in [0, 0.05) is 10.1 Å². The molecule has 1 amide bonds. The third-order valence-corrected chi connectivity index (χ3v) is 4.10. The first kappa shape index (κ1) is 15.6. The van der Waals surface area contributed by atoms with Crippen LogP contribution >= 0.6 is 22.6 Å². The molecule has 0 aromatic heterocycles. The van der Waals surface area contributed by atoms with Gasteiger partial charge in [-0.1, -0.05) is 12.1 Å². The molecule has 0 unspecified atom stereocenters. The van der Waals surface area contributed by atoms with Crippen LogP contribution in [0, 0.1) is 3.57 Å². The summed E-state index contributed by atoms with van der Waals surface area (Å²) in [6, 6.07) is 8.58. The molecule has 110 valence electrons. The molecule has 1 saturated heterocycles. The Labute approximate surface area is 134 Å². The Morgan fingerprint density at radius 2 is 1.90 bits per heavy atom. The lowest BCUT2D eigenvalue weighted by Gasteiger charge is -2.37. The van der Waals surface area contributed by atoms with Gasteiger partial charge in [0.05, 0.1) is 6.04 Å². The predicted molar refractivity (Wildman–Crippen MR) is 88.7 cm³/mol. The Bertz CT molecular complexity index is 464. The number of hydrogen-bond donors (Lipinski definition) is 0. The van der Waals surface area contributed by atoms with Crippen molar-refractivity contribution in [2.24, 2.45) is 0 Å². The highest BCUT2D eigenvalue weighted by molar-refractivity contribution is 14.1. The zero-order chi connectivity index (χ0) is 14.8. The van der Waals surface area contributed by atoms with E-state index in [1.807, 2.05) is 25.7 Å². The molecule has 4 heteroatoms. The molecule has 0 bridgehead atoms. The van der Waals surface area contributed by atoms with E-state index in [2.05, 4.69) is 46.9 Å². The fourth-order valence-electron chi connectivity index (χ4n) is 2.50. The number of benzene rings is 1. The highest BCUT2D eigenvalue weighted by atomic mass is 127. The number of nitrogens with zero attached hydrogens (tertiary/aromatic N) is 1. The first-order chi connectivity index (χ1) is 9.37. The quantitative estimate of drug-likeness (QED) is 0.651. The van der Waals surface area contributed by atoms with Gasteiger partial charge in [-0.15, -0.1) is 0 Å². The smallest absolute Gasteiger partial charge is 0.410 e. The van der Waals surface area contributed by atoms with E-state index in [4.69, 9.17) is 4.74 Å². The minimum absolute atomic E-state index is 0.149. The minimum Gasteiger partial charge on any atom is -0.444 e. The standard InChI is InChI=1S/C16H22INO2/c1-16(2,3)20-15(19)18-11-5-4-6-14(18)12-7-9-13(17)10-8-12/h7-10,14H,4-6,11H2,1-3H3/t14-/m0/s1. The molecule has 1 atom stereocenters. The number of amides is 1. The number of likely N-dealkylation sites (tertiary alicyclic amines) is 1. The fraction of sp³-hybridized carbons (Fsp3) is 0.562. The Morgan fingerprint density at radius 1 is 1.25 bits per heavy atom. The predicted octanol–water partition coefficient (Wildman–Crippen LogP) is 4.75. The van der Waals surface area contributed by atoms with Crippen LogP contribution in [0.4, 0.5) is 4.79 Å². The number of carbonyl (C=O) groups is 1. The molecule has 1 aliphatic heterocycles. The van der Waals surface area contributed by atoms with Crippen LogP contribution in [0.5, 0.6) is 0 Å². The van der Waals surface area contributed by atoms with Crippen molar-refractivity contribution in [1.82, 2.24) is 4.90 Å². The average molecular weight is 387 g/mol. The van der Waals surface area contributed by atoms with Crippen LogP contribution in [0.3, 0.4) is 0 Å². The number of piperidine rings is 1. The summed E-state index contributed by atoms with van der Waals surface area (Å²) in [6.07, 6.45) is 3.04. The van der Waals surface area contributed by atoms with E-state index in [0.717, 1.165) is 25.8 Å². The van der Waals surface area contributed by atoms with Crippen molar-refractivity contribution in [3.63, 3.8) is 0 Å². The van der Waals surface area contributed by atoms with Crippen molar-refractivity contribution in [2.45, 2.75) is 51.7 Å². The van der Waals surface area contributed by atoms with E-state index in [0.29, 0.717) is 0 Å². The number of ether oxygens (including phenoxy) is 1. The molecule has 2 rings (SSSR count). The number of carbonyl (C=O) groups excluding carboxylic acids is 1. The largest absolute Gasteiger partial charge is 0.444 e. The molecule has 1 aliphatic rings. The average Bonchev–Trinajstić information content (AvgIpc) is 2.38. The molecule has 1 aromatic rings. The normalized spacial score (nSPS) is 19.8. The van der Waals surface area contributed by atoms with Crippen molar-refractivity contribution in [1.29, 1.82) is 0 Å². The summed E-state index contributed by atoms with van der Waals surface area (Å²) in [4.78, 5) is 14.3. The molecule has 0 radical (unpaired) electrons. The van der Waals surface area contributed by atoms with Crippen molar-refractivity contribution >= 4 is 28.7 Å². The van der Waals surface area contributed by atoms with Gasteiger partial charge in [-0.2, -0.15) is 0 Å². The third-order valence-electron chi connectivity index (χ3n) is 3.39. The summed E-state index contributed by atoms with van der Waals surface area (Å²) in [6.45, 7) is 6.52. The Hall–Kier alpha value is -0.780. The SMILES string of the molecule is CC(C)(C)OC(=O)N1CCCC[C@H]1c1ccc(I)cc1. The summed E-state index contributed by atoms with van der Waals surface area (Å²) < 4.78 is 6.75. The van der Waals surface area contributed by atoms with Gasteiger partial charge < -0.3 is 9.64 Å². The van der Waals surface area contributed by atoms with Crippen LogP contribution in [0.15, 0.2) is 24.3 Å². The van der Waals surface area contributed by atoms with E-state index in [1.165, 1.54) is 9.13 Å². The second-order valence-electron chi connectivity index (χ2n) is 6.24. The molecule has 0 aliphatic carbocycles. The minimum atomic E-state index is -0.439. The van der Waals surface area contributed by atoms with Gasteiger partial charge >= 0.3 is 6.09 Å². The lowest BCUT2D eigenvalue weighted by atomic mass is 9.96. The highest BCUT2D eigenvalue weighted by Gasteiger charge is 2.31. The van der Waals surface area contributed by atoms with Crippen LogP contribution < -0.4 is 0 Å². The van der Waals surface area contributed by atoms with Gasteiger partial charge in [-0.25, -0.2) is 4.79 Å². The first-order valence-electron chi connectivity index (χ1n) is 7.12. The molecule has 0 N–H and O–H groups in total. The van der Waals surface area contributed by atoms with E-state index < -0.39 is 5.60 Å². The second kappa shape index (κ2) is 6.33. The lowest BCUT2D eigenvalue weighted by molar-refractivity contribution is 0.00951. The van der Waals surface area contributed by atoms with Gasteiger partial charge in [-0.05, 0) is 80.3 Å². The van der Waals surface area contributed by atoms with Gasteiger partial charge in [0.15, 0.2) is 0 Å². The summed E-state index contributed by atoms with van der Waals surface area (Å²) in [5, 5.41) is 0. The maximum absolute atomic E-state index is 12.4. The van der Waals surface area contributed by atoms with Gasteiger partial charge in [0.25, 0.3) is 0 Å². The highest BCUT2D eigenvalue weighted by Crippen LogP contribution is 2.32. The molecule has 1 heterocycles. The van der Waals surface area contributed by atoms with E-state index in [9.17, 15) is 4.79 Å². The van der Waals surface area contributed by atoms with Gasteiger partial charge in [-0.3, -0.25) is 0 Å². The molecular weight excluding hydrogens is 365 g/mol. The van der Waals surface area contributed by atoms with Crippen molar-refractivity contribution < 1.29 is 9.53 Å². The molecule has 1 fully saturated rings. The Morgan fingerprint density at radius 3 is 2.50 bits per heavy atom. The van der Waals surface area contributed by atoms with Crippen LogP contribution in [0.2, 0.25) is 0 Å². The second-order valence-corrected chi connectivity index (χ2v) is 7.48. The monoisotopic (exact) mass is 387 g/mol. The zero-order valence-corrected chi connectivity index (χ0v) is 14.5. The molecular formula is C16H22INO2. The summed E-state index contributed by atoms with van der Waals surface area (Å²) in [7, 11) is 0. The number of halogens is 1. The molecule has 3 nitrogen and oxygen atoms in total. The third kappa shape index (κ3) is 4.11. The number of rotatable bonds is 1. The van der Waals surface area contributed by atoms with Crippen LogP contribution in [0.1, 0.15) is 51.6 Å². The Balaban J connectivity index is 2.16. The van der Waals surface area contributed by atoms with Crippen molar-refractivity contribution in [2.75, 3.05) is 6.54 Å². The molecule has 0 saturated carbocycles. The van der Waals surface area contributed by atoms with E-state index >= 15 is 0 Å². The fourth-order valence-corrected chi connectivity index (χ4v) is 2.86. The maximum Gasteiger partial charge on any atom is 0.410 e. The van der Waals surface area contributed by atoms with Gasteiger partial charge in [0.2, 0.25) is 0 Å². The first-order valence-corrected chi connectivity index (χ1v) is 8.20.